The minimum Gasteiger partial charge on any atom is -0.480 e. The van der Waals surface area contributed by atoms with Crippen molar-refractivity contribution < 1.29 is 9.90 Å². The second-order valence-corrected chi connectivity index (χ2v) is 4.45. The van der Waals surface area contributed by atoms with Gasteiger partial charge in [0.2, 0.25) is 0 Å². The molecular weight excluding hydrogens is 214 g/mol. The molecule has 1 aromatic carbocycles. The molecule has 17 heavy (non-hydrogen) atoms. The lowest BCUT2D eigenvalue weighted by atomic mass is 9.94. The maximum absolute atomic E-state index is 11.0. The molecule has 0 aromatic heterocycles. The Morgan fingerprint density at radius 1 is 1.29 bits per heavy atom. The summed E-state index contributed by atoms with van der Waals surface area (Å²) in [5.74, 6) is -0.482. The number of benzene rings is 1. The minimum absolute atomic E-state index is 0.137. The molecule has 1 aromatic rings. The molecule has 0 aliphatic carbocycles. The molecule has 0 aliphatic rings. The maximum Gasteiger partial charge on any atom is 0.320 e. The molecule has 0 bridgehead atoms. The first-order chi connectivity index (χ1) is 8.06. The van der Waals surface area contributed by atoms with Crippen LogP contribution in [0, 0.1) is 0 Å². The van der Waals surface area contributed by atoms with E-state index < -0.39 is 12.0 Å². The molecule has 0 fully saturated rings. The van der Waals surface area contributed by atoms with Crippen molar-refractivity contribution in [3.8, 4) is 0 Å². The highest BCUT2D eigenvalue weighted by molar-refractivity contribution is 5.73. The third kappa shape index (κ3) is 3.86. The van der Waals surface area contributed by atoms with E-state index in [2.05, 4.69) is 24.4 Å². The van der Waals surface area contributed by atoms with E-state index in [0.717, 1.165) is 0 Å². The van der Waals surface area contributed by atoms with E-state index in [9.17, 15) is 4.79 Å². The van der Waals surface area contributed by atoms with Crippen molar-refractivity contribution in [2.75, 3.05) is 0 Å². The van der Waals surface area contributed by atoms with Crippen LogP contribution in [0.2, 0.25) is 0 Å². The van der Waals surface area contributed by atoms with Crippen LogP contribution in [-0.2, 0) is 4.79 Å². The van der Waals surface area contributed by atoms with Crippen LogP contribution in [0.5, 0.6) is 0 Å². The lowest BCUT2D eigenvalue weighted by molar-refractivity contribution is -0.139. The lowest BCUT2D eigenvalue weighted by Gasteiger charge is -2.25. The quantitative estimate of drug-likeness (QED) is 0.797. The monoisotopic (exact) mass is 235 g/mol. The first-order valence-corrected chi connectivity index (χ1v) is 6.10. The Hall–Kier alpha value is -1.35. The predicted molar refractivity (Wildman–Crippen MR) is 69.2 cm³/mol. The molecule has 0 saturated carbocycles. The van der Waals surface area contributed by atoms with Crippen molar-refractivity contribution in [3.05, 3.63) is 35.9 Å². The third-order valence-electron chi connectivity index (χ3n) is 3.25. The van der Waals surface area contributed by atoms with E-state index in [1.54, 1.807) is 0 Å². The Morgan fingerprint density at radius 2 is 1.88 bits per heavy atom. The Bertz CT molecular complexity index is 350. The van der Waals surface area contributed by atoms with Crippen molar-refractivity contribution in [2.24, 2.45) is 0 Å². The highest BCUT2D eigenvalue weighted by atomic mass is 16.4. The van der Waals surface area contributed by atoms with E-state index >= 15 is 0 Å². The number of carbonyl (C=O) groups is 1. The van der Waals surface area contributed by atoms with Gasteiger partial charge in [-0.15, -0.1) is 0 Å². The predicted octanol–water partition coefficient (Wildman–Crippen LogP) is 2.63. The fraction of sp³-hybridized carbons (Fsp3) is 0.500. The van der Waals surface area contributed by atoms with E-state index in [-0.39, 0.29) is 6.04 Å². The molecule has 0 saturated heterocycles. The van der Waals surface area contributed by atoms with Crippen LogP contribution in [-0.4, -0.2) is 23.2 Å². The van der Waals surface area contributed by atoms with Crippen LogP contribution in [0.25, 0.3) is 0 Å². The van der Waals surface area contributed by atoms with Gasteiger partial charge in [0.25, 0.3) is 0 Å². The van der Waals surface area contributed by atoms with Gasteiger partial charge in [-0.1, -0.05) is 44.2 Å². The summed E-state index contributed by atoms with van der Waals surface area (Å²) in [6.45, 7) is 6.02. The average Bonchev–Trinajstić information content (AvgIpc) is 2.35. The highest BCUT2D eigenvalue weighted by Crippen LogP contribution is 2.19. The Labute approximate surface area is 103 Å². The summed E-state index contributed by atoms with van der Waals surface area (Å²) < 4.78 is 0. The van der Waals surface area contributed by atoms with E-state index in [1.807, 2.05) is 32.0 Å². The van der Waals surface area contributed by atoms with Gasteiger partial charge in [0, 0.05) is 6.04 Å². The van der Waals surface area contributed by atoms with Crippen molar-refractivity contribution >= 4 is 5.97 Å². The van der Waals surface area contributed by atoms with Crippen LogP contribution in [0.4, 0.5) is 0 Å². The molecule has 0 amide bonds. The maximum atomic E-state index is 11.0. The van der Waals surface area contributed by atoms with Crippen molar-refractivity contribution in [1.29, 1.82) is 0 Å². The number of rotatable bonds is 6. The van der Waals surface area contributed by atoms with E-state index in [4.69, 9.17) is 5.11 Å². The summed E-state index contributed by atoms with van der Waals surface area (Å²) in [5.41, 5.74) is 1.23. The van der Waals surface area contributed by atoms with Crippen LogP contribution < -0.4 is 5.32 Å². The fourth-order valence-corrected chi connectivity index (χ4v) is 1.87. The van der Waals surface area contributed by atoms with E-state index in [0.29, 0.717) is 12.3 Å². The molecule has 0 spiro atoms. The summed E-state index contributed by atoms with van der Waals surface area (Å²) in [4.78, 5) is 11.0. The number of hydrogen-bond acceptors (Lipinski definition) is 2. The fourth-order valence-electron chi connectivity index (χ4n) is 1.87. The van der Waals surface area contributed by atoms with Gasteiger partial charge in [-0.3, -0.25) is 4.79 Å². The largest absolute Gasteiger partial charge is 0.480 e. The summed E-state index contributed by atoms with van der Waals surface area (Å²) in [7, 11) is 0. The number of hydrogen-bond donors (Lipinski definition) is 2. The van der Waals surface area contributed by atoms with Gasteiger partial charge in [0.15, 0.2) is 0 Å². The second-order valence-electron chi connectivity index (χ2n) is 4.45. The molecule has 2 N–H and O–H groups in total. The molecule has 3 heteroatoms. The first-order valence-electron chi connectivity index (χ1n) is 6.10. The SMILES string of the molecule is CCC(NC(C)C(C)c1ccccc1)C(=O)O. The standard InChI is InChI=1S/C14H21NO2/c1-4-13(14(16)17)15-11(3)10(2)12-8-6-5-7-9-12/h5-11,13,15H,4H2,1-3H3,(H,16,17). The molecule has 0 heterocycles. The zero-order valence-corrected chi connectivity index (χ0v) is 10.7. The minimum atomic E-state index is -0.778. The Kier molecular flexibility index (Phi) is 5.16. The molecule has 1 rings (SSSR count). The number of carboxylic acid groups (broad SMARTS) is 1. The summed E-state index contributed by atoms with van der Waals surface area (Å²) in [5, 5.41) is 12.2. The molecule has 3 nitrogen and oxygen atoms in total. The summed E-state index contributed by atoms with van der Waals surface area (Å²) >= 11 is 0. The van der Waals surface area contributed by atoms with Gasteiger partial charge in [0.1, 0.15) is 6.04 Å². The smallest absolute Gasteiger partial charge is 0.320 e. The Balaban J connectivity index is 2.64. The molecule has 3 unspecified atom stereocenters. The van der Waals surface area contributed by atoms with Crippen LogP contribution in [0.1, 0.15) is 38.7 Å². The zero-order chi connectivity index (χ0) is 12.8. The van der Waals surface area contributed by atoms with Gasteiger partial charge >= 0.3 is 5.97 Å². The molecule has 94 valence electrons. The number of nitrogens with one attached hydrogen (secondary N) is 1. The van der Waals surface area contributed by atoms with Crippen molar-refractivity contribution in [3.63, 3.8) is 0 Å². The molecule has 0 aliphatic heterocycles. The summed E-state index contributed by atoms with van der Waals surface area (Å²) in [6.07, 6.45) is 0.598. The molecule has 0 radical (unpaired) electrons. The lowest BCUT2D eigenvalue weighted by Crippen LogP contribution is -2.43. The Morgan fingerprint density at radius 3 is 2.35 bits per heavy atom. The van der Waals surface area contributed by atoms with Crippen LogP contribution in [0.15, 0.2) is 30.3 Å². The van der Waals surface area contributed by atoms with Crippen molar-refractivity contribution in [2.45, 2.75) is 45.2 Å². The average molecular weight is 235 g/mol. The number of aliphatic carboxylic acids is 1. The summed E-state index contributed by atoms with van der Waals surface area (Å²) in [6, 6.07) is 9.82. The highest BCUT2D eigenvalue weighted by Gasteiger charge is 2.21. The molecular formula is C14H21NO2. The van der Waals surface area contributed by atoms with Gasteiger partial charge in [0.05, 0.1) is 0 Å². The van der Waals surface area contributed by atoms with Crippen LogP contribution in [0.3, 0.4) is 0 Å². The zero-order valence-electron chi connectivity index (χ0n) is 10.7. The molecule has 3 atom stereocenters. The number of carboxylic acids is 1. The van der Waals surface area contributed by atoms with E-state index in [1.165, 1.54) is 5.56 Å². The van der Waals surface area contributed by atoms with Gasteiger partial charge < -0.3 is 10.4 Å². The normalized spacial score (nSPS) is 16.2. The second kappa shape index (κ2) is 6.40. The van der Waals surface area contributed by atoms with Crippen LogP contribution >= 0.6 is 0 Å². The first kappa shape index (κ1) is 13.7. The third-order valence-corrected chi connectivity index (χ3v) is 3.25. The topological polar surface area (TPSA) is 49.3 Å². The van der Waals surface area contributed by atoms with Gasteiger partial charge in [-0.2, -0.15) is 0 Å². The van der Waals surface area contributed by atoms with Gasteiger partial charge in [-0.05, 0) is 24.8 Å². The van der Waals surface area contributed by atoms with Crippen molar-refractivity contribution in [1.82, 2.24) is 5.32 Å². The van der Waals surface area contributed by atoms with Gasteiger partial charge in [-0.25, -0.2) is 0 Å².